The van der Waals surface area contributed by atoms with Crippen molar-refractivity contribution < 1.29 is 17.9 Å². The first-order chi connectivity index (χ1) is 17.9. The SMILES string of the molecule is CN(c1cccc2c1NC(C(=O)NCC1(SCc3ccccc3)CCOCC1)C2)S(=O)(=O)c1cccs1. The van der Waals surface area contributed by atoms with Crippen molar-refractivity contribution in [2.45, 2.75) is 40.0 Å². The van der Waals surface area contributed by atoms with E-state index < -0.39 is 16.1 Å². The summed E-state index contributed by atoms with van der Waals surface area (Å²) in [5, 5.41) is 8.26. The average Bonchev–Trinajstić information content (AvgIpc) is 3.62. The van der Waals surface area contributed by atoms with Crippen LogP contribution in [0.1, 0.15) is 24.0 Å². The Bertz CT molecular complexity index is 1320. The summed E-state index contributed by atoms with van der Waals surface area (Å²) in [4.78, 5) is 13.3. The average molecular weight is 558 g/mol. The molecular formula is C27H31N3O4S3. The summed E-state index contributed by atoms with van der Waals surface area (Å²) < 4.78 is 33.3. The van der Waals surface area contributed by atoms with Gasteiger partial charge in [-0.05, 0) is 41.5 Å². The first-order valence-corrected chi connectivity index (χ1v) is 15.6. The minimum absolute atomic E-state index is 0.0721. The molecule has 0 saturated carbocycles. The largest absolute Gasteiger partial charge is 0.381 e. The number of anilines is 2. The van der Waals surface area contributed by atoms with E-state index in [-0.39, 0.29) is 14.9 Å². The van der Waals surface area contributed by atoms with Crippen molar-refractivity contribution in [3.05, 3.63) is 77.2 Å². The molecule has 1 amide bonds. The number of sulfonamides is 1. The number of rotatable bonds is 9. The number of hydrogen-bond acceptors (Lipinski definition) is 7. The molecule has 1 unspecified atom stereocenters. The quantitative estimate of drug-likeness (QED) is 0.403. The van der Waals surface area contributed by atoms with Gasteiger partial charge < -0.3 is 15.4 Å². The van der Waals surface area contributed by atoms with Crippen molar-refractivity contribution >= 4 is 50.4 Å². The summed E-state index contributed by atoms with van der Waals surface area (Å²) in [6, 6.07) is 18.8. The number of amides is 1. The van der Waals surface area contributed by atoms with Crippen LogP contribution >= 0.6 is 23.1 Å². The third-order valence-electron chi connectivity index (χ3n) is 7.01. The van der Waals surface area contributed by atoms with E-state index >= 15 is 0 Å². The Morgan fingerprint density at radius 1 is 1.14 bits per heavy atom. The van der Waals surface area contributed by atoms with Crippen molar-refractivity contribution in [2.24, 2.45) is 0 Å². The molecule has 7 nitrogen and oxygen atoms in total. The van der Waals surface area contributed by atoms with Crippen LogP contribution < -0.4 is 14.9 Å². The molecule has 5 rings (SSSR count). The summed E-state index contributed by atoms with van der Waals surface area (Å²) in [5.74, 6) is 0.815. The van der Waals surface area contributed by atoms with E-state index in [1.54, 1.807) is 30.6 Å². The molecule has 1 aromatic heterocycles. The van der Waals surface area contributed by atoms with E-state index in [0.717, 1.165) is 24.2 Å². The highest BCUT2D eigenvalue weighted by Gasteiger charge is 2.36. The Balaban J connectivity index is 1.25. The molecule has 2 aliphatic heterocycles. The third kappa shape index (κ3) is 5.67. The van der Waals surface area contributed by atoms with Crippen LogP contribution in [0.5, 0.6) is 0 Å². The molecule has 37 heavy (non-hydrogen) atoms. The fraction of sp³-hybridized carbons (Fsp3) is 0.370. The van der Waals surface area contributed by atoms with Crippen LogP contribution in [-0.4, -0.2) is 51.9 Å². The van der Waals surface area contributed by atoms with Crippen molar-refractivity contribution in [1.82, 2.24) is 5.32 Å². The van der Waals surface area contributed by atoms with Crippen LogP contribution in [0.4, 0.5) is 11.4 Å². The summed E-state index contributed by atoms with van der Waals surface area (Å²) in [6.45, 7) is 1.96. The van der Waals surface area contributed by atoms with Gasteiger partial charge in [-0.2, -0.15) is 0 Å². The Kier molecular flexibility index (Phi) is 7.80. The van der Waals surface area contributed by atoms with Gasteiger partial charge in [-0.25, -0.2) is 8.42 Å². The van der Waals surface area contributed by atoms with Crippen LogP contribution in [0.25, 0.3) is 0 Å². The Labute approximate surface area is 226 Å². The Hall–Kier alpha value is -2.53. The van der Waals surface area contributed by atoms with Crippen molar-refractivity contribution in [1.29, 1.82) is 0 Å². The lowest BCUT2D eigenvalue weighted by molar-refractivity contribution is -0.121. The molecule has 3 heterocycles. The second kappa shape index (κ2) is 11.1. The molecule has 1 atom stereocenters. The smallest absolute Gasteiger partial charge is 0.273 e. The van der Waals surface area contributed by atoms with Gasteiger partial charge in [0, 0.05) is 43.7 Å². The van der Waals surface area contributed by atoms with E-state index in [1.165, 1.54) is 21.2 Å². The van der Waals surface area contributed by atoms with Gasteiger partial charge in [-0.1, -0.05) is 48.5 Å². The molecule has 10 heteroatoms. The Morgan fingerprint density at radius 2 is 1.92 bits per heavy atom. The molecular weight excluding hydrogens is 527 g/mol. The monoisotopic (exact) mass is 557 g/mol. The summed E-state index contributed by atoms with van der Waals surface area (Å²) in [5.41, 5.74) is 3.45. The highest BCUT2D eigenvalue weighted by molar-refractivity contribution is 7.99. The molecule has 0 aliphatic carbocycles. The number of thioether (sulfide) groups is 1. The van der Waals surface area contributed by atoms with E-state index in [0.29, 0.717) is 37.6 Å². The standard InChI is InChI=1S/C27H31N3O4S3/c1-30(37(32,33)24-11-6-16-35-24)23-10-5-9-21-17-22(29-25(21)23)26(31)28-19-27(12-14-34-15-13-27)36-18-20-7-3-2-4-8-20/h2-11,16,22,29H,12-15,17-19H2,1H3,(H,28,31). The molecule has 2 aromatic carbocycles. The number of para-hydroxylation sites is 1. The zero-order chi connectivity index (χ0) is 25.9. The molecule has 1 saturated heterocycles. The number of hydrogen-bond donors (Lipinski definition) is 2. The number of benzene rings is 2. The second-order valence-electron chi connectivity index (χ2n) is 9.40. The number of carbonyl (C=O) groups is 1. The number of fused-ring (bicyclic) bond motifs is 1. The van der Waals surface area contributed by atoms with Crippen LogP contribution in [0, 0.1) is 0 Å². The third-order valence-corrected chi connectivity index (χ3v) is 11.8. The zero-order valence-electron chi connectivity index (χ0n) is 20.7. The van der Waals surface area contributed by atoms with Crippen molar-refractivity contribution in [3.8, 4) is 0 Å². The second-order valence-corrected chi connectivity index (χ2v) is 14.0. The van der Waals surface area contributed by atoms with E-state index in [9.17, 15) is 13.2 Å². The van der Waals surface area contributed by atoms with Gasteiger partial charge in [0.05, 0.1) is 11.4 Å². The highest BCUT2D eigenvalue weighted by Crippen LogP contribution is 2.39. The van der Waals surface area contributed by atoms with E-state index in [4.69, 9.17) is 4.74 Å². The molecule has 196 valence electrons. The maximum atomic E-state index is 13.3. The summed E-state index contributed by atoms with van der Waals surface area (Å²) >= 11 is 3.08. The predicted molar refractivity (Wildman–Crippen MR) is 151 cm³/mol. The fourth-order valence-corrected chi connectivity index (χ4v) is 8.42. The normalized spacial score (nSPS) is 18.6. The fourth-order valence-electron chi connectivity index (χ4n) is 4.76. The number of ether oxygens (including phenoxy) is 1. The van der Waals surface area contributed by atoms with Gasteiger partial charge in [-0.15, -0.1) is 23.1 Å². The van der Waals surface area contributed by atoms with Gasteiger partial charge >= 0.3 is 0 Å². The first-order valence-electron chi connectivity index (χ1n) is 12.3. The molecule has 3 aromatic rings. The molecule has 2 aliphatic rings. The summed E-state index contributed by atoms with van der Waals surface area (Å²) in [7, 11) is -2.12. The molecule has 0 radical (unpaired) electrons. The minimum Gasteiger partial charge on any atom is -0.381 e. The molecule has 1 fully saturated rings. The first kappa shape index (κ1) is 26.1. The predicted octanol–water partition coefficient (Wildman–Crippen LogP) is 4.51. The lowest BCUT2D eigenvalue weighted by Crippen LogP contribution is -2.48. The van der Waals surface area contributed by atoms with Gasteiger partial charge in [0.25, 0.3) is 10.0 Å². The number of nitrogens with one attached hydrogen (secondary N) is 2. The maximum Gasteiger partial charge on any atom is 0.273 e. The molecule has 0 spiro atoms. The number of thiophene rings is 1. The molecule has 0 bridgehead atoms. The lowest BCUT2D eigenvalue weighted by atomic mass is 9.98. The van der Waals surface area contributed by atoms with Crippen LogP contribution in [0.15, 0.2) is 70.3 Å². The summed E-state index contributed by atoms with van der Waals surface area (Å²) in [6.07, 6.45) is 2.28. The number of carbonyl (C=O) groups excluding carboxylic acids is 1. The van der Waals surface area contributed by atoms with Gasteiger partial charge in [0.1, 0.15) is 10.3 Å². The number of nitrogens with zero attached hydrogens (tertiary/aromatic N) is 1. The topological polar surface area (TPSA) is 87.7 Å². The Morgan fingerprint density at radius 3 is 2.65 bits per heavy atom. The van der Waals surface area contributed by atoms with E-state index in [1.807, 2.05) is 30.0 Å². The highest BCUT2D eigenvalue weighted by atomic mass is 32.2. The van der Waals surface area contributed by atoms with Gasteiger partial charge in [0.2, 0.25) is 5.91 Å². The van der Waals surface area contributed by atoms with Crippen LogP contribution in [0.2, 0.25) is 0 Å². The zero-order valence-corrected chi connectivity index (χ0v) is 23.1. The van der Waals surface area contributed by atoms with Crippen LogP contribution in [0.3, 0.4) is 0 Å². The maximum absolute atomic E-state index is 13.3. The van der Waals surface area contributed by atoms with E-state index in [2.05, 4.69) is 34.9 Å². The van der Waals surface area contributed by atoms with Crippen molar-refractivity contribution in [2.75, 3.05) is 36.4 Å². The molecule has 2 N–H and O–H groups in total. The van der Waals surface area contributed by atoms with Crippen LogP contribution in [-0.2, 0) is 31.7 Å². The van der Waals surface area contributed by atoms with Gasteiger partial charge in [-0.3, -0.25) is 9.10 Å². The minimum atomic E-state index is -3.67. The lowest BCUT2D eigenvalue weighted by Gasteiger charge is -2.37. The van der Waals surface area contributed by atoms with Gasteiger partial charge in [0.15, 0.2) is 0 Å². The van der Waals surface area contributed by atoms with Crippen molar-refractivity contribution in [3.63, 3.8) is 0 Å².